The quantitative estimate of drug-likeness (QED) is 0.427. The van der Waals surface area contributed by atoms with Crippen molar-refractivity contribution >= 4 is 28.9 Å². The van der Waals surface area contributed by atoms with Crippen LogP contribution in [0.5, 0.6) is 0 Å². The number of hydrogen-bond acceptors (Lipinski definition) is 3. The number of nitrogens with zero attached hydrogens (tertiary/aromatic N) is 2. The predicted molar refractivity (Wildman–Crippen MR) is 87.0 cm³/mol. The Hall–Kier alpha value is -1.03. The molecule has 3 nitrogen and oxygen atoms in total. The maximum Gasteiger partial charge on any atom is 0.106 e. The molecule has 0 radical (unpaired) electrons. The first kappa shape index (κ1) is 17.0. The standard InChI is InChI=1S/C15H20Cl2N2O/c1-5-6-12(15(18-20-4)10-19(2)3)11-7-8-13(16)14(17)9-11/h5,7-9,12H,1,6,10H2,2-4H3/t12-/m1/s1. The normalized spacial score (nSPS) is 13.4. The fourth-order valence-corrected chi connectivity index (χ4v) is 2.31. The van der Waals surface area contributed by atoms with E-state index in [2.05, 4.69) is 11.7 Å². The van der Waals surface area contributed by atoms with Crippen LogP contribution in [0.15, 0.2) is 36.0 Å². The maximum absolute atomic E-state index is 6.11. The molecule has 110 valence electrons. The van der Waals surface area contributed by atoms with Crippen LogP contribution in [0.3, 0.4) is 0 Å². The van der Waals surface area contributed by atoms with Gasteiger partial charge >= 0.3 is 0 Å². The van der Waals surface area contributed by atoms with Crippen LogP contribution in [0.4, 0.5) is 0 Å². The SMILES string of the molecule is C=CC[C@@H](C(CN(C)C)=NOC)c1ccc(Cl)c(Cl)c1. The topological polar surface area (TPSA) is 24.8 Å². The van der Waals surface area contributed by atoms with E-state index in [0.29, 0.717) is 16.6 Å². The van der Waals surface area contributed by atoms with E-state index in [1.54, 1.807) is 13.2 Å². The first-order chi connectivity index (χ1) is 9.49. The fourth-order valence-electron chi connectivity index (χ4n) is 2.00. The van der Waals surface area contributed by atoms with E-state index >= 15 is 0 Å². The molecule has 0 N–H and O–H groups in total. The Labute approximate surface area is 130 Å². The fraction of sp³-hybridized carbons (Fsp3) is 0.400. The Bertz CT molecular complexity index is 487. The van der Waals surface area contributed by atoms with Gasteiger partial charge in [-0.25, -0.2) is 0 Å². The van der Waals surface area contributed by atoms with Crippen LogP contribution in [-0.2, 0) is 4.84 Å². The predicted octanol–water partition coefficient (Wildman–Crippen LogP) is 4.22. The summed E-state index contributed by atoms with van der Waals surface area (Å²) in [4.78, 5) is 7.02. The van der Waals surface area contributed by atoms with Crippen LogP contribution in [-0.4, -0.2) is 38.4 Å². The average molecular weight is 315 g/mol. The van der Waals surface area contributed by atoms with Crippen LogP contribution in [0.2, 0.25) is 10.0 Å². The molecule has 0 aliphatic rings. The highest BCUT2D eigenvalue weighted by Gasteiger charge is 2.19. The van der Waals surface area contributed by atoms with Crippen molar-refractivity contribution in [1.82, 2.24) is 4.90 Å². The Balaban J connectivity index is 3.15. The lowest BCUT2D eigenvalue weighted by Crippen LogP contribution is -2.27. The van der Waals surface area contributed by atoms with E-state index < -0.39 is 0 Å². The van der Waals surface area contributed by atoms with Gasteiger partial charge in [0.25, 0.3) is 0 Å². The third kappa shape index (κ3) is 4.82. The first-order valence-electron chi connectivity index (χ1n) is 6.30. The second-order valence-corrected chi connectivity index (χ2v) is 5.57. The van der Waals surface area contributed by atoms with Crippen LogP contribution >= 0.6 is 23.2 Å². The minimum atomic E-state index is 0.0737. The van der Waals surface area contributed by atoms with Crippen molar-refractivity contribution in [2.24, 2.45) is 5.16 Å². The van der Waals surface area contributed by atoms with Gasteiger partial charge < -0.3 is 9.74 Å². The molecule has 0 unspecified atom stereocenters. The van der Waals surface area contributed by atoms with Crippen LogP contribution in [0, 0.1) is 0 Å². The summed E-state index contributed by atoms with van der Waals surface area (Å²) in [6, 6.07) is 5.64. The molecule has 0 heterocycles. The van der Waals surface area contributed by atoms with Gasteiger partial charge in [-0.1, -0.05) is 40.5 Å². The van der Waals surface area contributed by atoms with Crippen molar-refractivity contribution in [3.05, 3.63) is 46.5 Å². The van der Waals surface area contributed by atoms with Gasteiger partial charge in [0.05, 0.1) is 15.8 Å². The lowest BCUT2D eigenvalue weighted by Gasteiger charge is -2.21. The van der Waals surface area contributed by atoms with Crippen molar-refractivity contribution in [2.45, 2.75) is 12.3 Å². The number of allylic oxidation sites excluding steroid dienone is 1. The average Bonchev–Trinajstić information content (AvgIpc) is 2.38. The third-order valence-electron chi connectivity index (χ3n) is 2.84. The summed E-state index contributed by atoms with van der Waals surface area (Å²) in [6.07, 6.45) is 2.63. The summed E-state index contributed by atoms with van der Waals surface area (Å²) in [5.74, 6) is 0.0737. The largest absolute Gasteiger partial charge is 0.399 e. The highest BCUT2D eigenvalue weighted by molar-refractivity contribution is 6.42. The Morgan fingerprint density at radius 1 is 1.40 bits per heavy atom. The Morgan fingerprint density at radius 2 is 2.10 bits per heavy atom. The molecule has 0 amide bonds. The molecule has 20 heavy (non-hydrogen) atoms. The second-order valence-electron chi connectivity index (χ2n) is 4.75. The molecule has 5 heteroatoms. The van der Waals surface area contributed by atoms with Crippen molar-refractivity contribution in [3.8, 4) is 0 Å². The minimum absolute atomic E-state index is 0.0737. The molecule has 0 fully saturated rings. The lowest BCUT2D eigenvalue weighted by atomic mass is 9.90. The van der Waals surface area contributed by atoms with Crippen molar-refractivity contribution in [3.63, 3.8) is 0 Å². The van der Waals surface area contributed by atoms with Crippen molar-refractivity contribution in [1.29, 1.82) is 0 Å². The van der Waals surface area contributed by atoms with Gasteiger partial charge in [0.15, 0.2) is 0 Å². The van der Waals surface area contributed by atoms with E-state index in [1.165, 1.54) is 0 Å². The van der Waals surface area contributed by atoms with Crippen molar-refractivity contribution < 1.29 is 4.84 Å². The number of oxime groups is 1. The van der Waals surface area contributed by atoms with E-state index in [-0.39, 0.29) is 5.92 Å². The molecule has 0 aromatic heterocycles. The van der Waals surface area contributed by atoms with Gasteiger partial charge in [0.2, 0.25) is 0 Å². The summed E-state index contributed by atoms with van der Waals surface area (Å²) in [5, 5.41) is 5.25. The van der Waals surface area contributed by atoms with Gasteiger partial charge in [-0.2, -0.15) is 0 Å². The molecule has 0 saturated carbocycles. The molecule has 0 aliphatic carbocycles. The Morgan fingerprint density at radius 3 is 2.60 bits per heavy atom. The molecule has 1 aromatic carbocycles. The smallest absolute Gasteiger partial charge is 0.106 e. The maximum atomic E-state index is 6.11. The summed E-state index contributed by atoms with van der Waals surface area (Å²) in [5.41, 5.74) is 1.98. The summed E-state index contributed by atoms with van der Waals surface area (Å²) in [7, 11) is 5.53. The molecule has 0 aliphatic heterocycles. The van der Waals surface area contributed by atoms with E-state index in [4.69, 9.17) is 28.0 Å². The van der Waals surface area contributed by atoms with E-state index in [0.717, 1.165) is 17.7 Å². The molecule has 1 rings (SSSR count). The molecular weight excluding hydrogens is 295 g/mol. The monoisotopic (exact) mass is 314 g/mol. The zero-order valence-electron chi connectivity index (χ0n) is 12.1. The lowest BCUT2D eigenvalue weighted by molar-refractivity contribution is 0.210. The van der Waals surface area contributed by atoms with Gasteiger partial charge in [-0.05, 0) is 38.2 Å². The zero-order chi connectivity index (χ0) is 15.1. The summed E-state index contributed by atoms with van der Waals surface area (Å²) >= 11 is 12.1. The van der Waals surface area contributed by atoms with Crippen LogP contribution in [0.25, 0.3) is 0 Å². The van der Waals surface area contributed by atoms with E-state index in [1.807, 2.05) is 37.2 Å². The summed E-state index contributed by atoms with van der Waals surface area (Å²) in [6.45, 7) is 4.52. The number of benzene rings is 1. The van der Waals surface area contributed by atoms with Crippen LogP contribution in [0.1, 0.15) is 17.9 Å². The van der Waals surface area contributed by atoms with Crippen LogP contribution < -0.4 is 0 Å². The first-order valence-corrected chi connectivity index (χ1v) is 7.05. The zero-order valence-corrected chi connectivity index (χ0v) is 13.6. The second kappa shape index (κ2) is 8.30. The minimum Gasteiger partial charge on any atom is -0.399 e. The molecule has 0 saturated heterocycles. The van der Waals surface area contributed by atoms with Gasteiger partial charge in [-0.3, -0.25) is 0 Å². The molecule has 1 atom stereocenters. The van der Waals surface area contributed by atoms with Gasteiger partial charge in [0.1, 0.15) is 7.11 Å². The number of hydrogen-bond donors (Lipinski definition) is 0. The molecule has 1 aromatic rings. The summed E-state index contributed by atoms with van der Waals surface area (Å²) < 4.78 is 0. The highest BCUT2D eigenvalue weighted by atomic mass is 35.5. The molecule has 0 spiro atoms. The van der Waals surface area contributed by atoms with Crippen molar-refractivity contribution in [2.75, 3.05) is 27.7 Å². The number of rotatable bonds is 7. The number of halogens is 2. The molecule has 0 bridgehead atoms. The third-order valence-corrected chi connectivity index (χ3v) is 3.58. The highest BCUT2D eigenvalue weighted by Crippen LogP contribution is 2.29. The van der Waals surface area contributed by atoms with Gasteiger partial charge in [-0.15, -0.1) is 6.58 Å². The van der Waals surface area contributed by atoms with E-state index in [9.17, 15) is 0 Å². The Kier molecular flexibility index (Phi) is 7.06. The van der Waals surface area contributed by atoms with Gasteiger partial charge in [0, 0.05) is 12.5 Å². The molecular formula is C15H20Cl2N2O.